The van der Waals surface area contributed by atoms with Gasteiger partial charge in [-0.05, 0) is 55.2 Å². The fraction of sp³-hybridized carbons (Fsp3) is 0.533. The molecular weight excluding hydrogens is 250 g/mol. The van der Waals surface area contributed by atoms with Gasteiger partial charge in [0, 0.05) is 0 Å². The predicted octanol–water partition coefficient (Wildman–Crippen LogP) is 3.40. The Hall–Kier alpha value is -1.45. The van der Waals surface area contributed by atoms with Crippen LogP contribution in [-0.4, -0.2) is 11.1 Å². The maximum absolute atomic E-state index is 13.2. The minimum absolute atomic E-state index is 0.183. The van der Waals surface area contributed by atoms with Crippen LogP contribution >= 0.6 is 0 Å². The summed E-state index contributed by atoms with van der Waals surface area (Å²) >= 11 is 0. The average Bonchev–Trinajstić information content (AvgIpc) is 2.94. The molecule has 2 nitrogen and oxygen atoms in total. The molecule has 2 saturated carbocycles. The number of hydrogen-bond donors (Lipinski definition) is 1. The van der Waals surface area contributed by atoms with Crippen LogP contribution in [0, 0.1) is 28.9 Å². The largest absolute Gasteiger partial charge is 0.481 e. The van der Waals surface area contributed by atoms with Crippen molar-refractivity contribution in [3.63, 3.8) is 0 Å². The Labute approximate surface area is 110 Å². The van der Waals surface area contributed by atoms with Gasteiger partial charge in [0.1, 0.15) is 0 Å². The SMILES string of the molecule is O=C(O)C1(Cc2ccc(F)c(F)c2)CC2CCC1C2. The van der Waals surface area contributed by atoms with Gasteiger partial charge in [0.2, 0.25) is 0 Å². The minimum Gasteiger partial charge on any atom is -0.481 e. The smallest absolute Gasteiger partial charge is 0.310 e. The molecule has 0 radical (unpaired) electrons. The summed E-state index contributed by atoms with van der Waals surface area (Å²) in [6.07, 6.45) is 4.00. The third kappa shape index (κ3) is 1.94. The van der Waals surface area contributed by atoms with Crippen molar-refractivity contribution in [3.8, 4) is 0 Å². The van der Waals surface area contributed by atoms with Crippen molar-refractivity contribution in [2.75, 3.05) is 0 Å². The second-order valence-corrected chi connectivity index (χ2v) is 5.97. The van der Waals surface area contributed by atoms with Crippen LogP contribution in [0.15, 0.2) is 18.2 Å². The van der Waals surface area contributed by atoms with Gasteiger partial charge in [0.15, 0.2) is 11.6 Å². The number of carboxylic acids is 1. The van der Waals surface area contributed by atoms with Gasteiger partial charge in [-0.1, -0.05) is 12.5 Å². The van der Waals surface area contributed by atoms with Crippen LogP contribution in [0.2, 0.25) is 0 Å². The van der Waals surface area contributed by atoms with Gasteiger partial charge >= 0.3 is 5.97 Å². The fourth-order valence-electron chi connectivity index (χ4n) is 4.01. The number of fused-ring (bicyclic) bond motifs is 2. The Morgan fingerprint density at radius 1 is 1.32 bits per heavy atom. The second-order valence-electron chi connectivity index (χ2n) is 5.97. The van der Waals surface area contributed by atoms with E-state index in [0.717, 1.165) is 31.4 Å². The van der Waals surface area contributed by atoms with Gasteiger partial charge in [0.25, 0.3) is 0 Å². The lowest BCUT2D eigenvalue weighted by atomic mass is 9.69. The molecule has 1 aromatic rings. The monoisotopic (exact) mass is 266 g/mol. The quantitative estimate of drug-likeness (QED) is 0.910. The number of aliphatic carboxylic acids is 1. The number of hydrogen-bond acceptors (Lipinski definition) is 1. The first-order valence-electron chi connectivity index (χ1n) is 6.68. The highest BCUT2D eigenvalue weighted by atomic mass is 19.2. The Kier molecular flexibility index (Phi) is 2.84. The zero-order valence-electron chi connectivity index (χ0n) is 10.5. The predicted molar refractivity (Wildman–Crippen MR) is 65.6 cm³/mol. The molecule has 3 unspecified atom stereocenters. The van der Waals surface area contributed by atoms with Gasteiger partial charge in [0.05, 0.1) is 5.41 Å². The normalized spacial score (nSPS) is 32.7. The standard InChI is InChI=1S/C15H16F2O2/c16-12-4-2-10(6-13(12)17)8-15(14(18)19)7-9-1-3-11(15)5-9/h2,4,6,9,11H,1,3,5,7-8H2,(H,18,19). The van der Waals surface area contributed by atoms with Gasteiger partial charge in [-0.25, -0.2) is 8.78 Å². The Morgan fingerprint density at radius 3 is 2.63 bits per heavy atom. The summed E-state index contributed by atoms with van der Waals surface area (Å²) in [6.45, 7) is 0. The van der Waals surface area contributed by atoms with Gasteiger partial charge in [-0.15, -0.1) is 0 Å². The Morgan fingerprint density at radius 2 is 2.11 bits per heavy atom. The van der Waals surface area contributed by atoms with E-state index in [2.05, 4.69) is 0 Å². The molecule has 1 N–H and O–H groups in total. The first kappa shape index (κ1) is 12.6. The Balaban J connectivity index is 1.90. The zero-order chi connectivity index (χ0) is 13.6. The summed E-state index contributed by atoms with van der Waals surface area (Å²) in [5, 5.41) is 9.60. The fourth-order valence-corrected chi connectivity index (χ4v) is 4.01. The van der Waals surface area contributed by atoms with Crippen molar-refractivity contribution in [1.29, 1.82) is 0 Å². The van der Waals surface area contributed by atoms with Gasteiger partial charge < -0.3 is 5.11 Å². The van der Waals surface area contributed by atoms with E-state index in [1.54, 1.807) is 0 Å². The van der Waals surface area contributed by atoms with Crippen molar-refractivity contribution in [3.05, 3.63) is 35.4 Å². The molecule has 2 aliphatic carbocycles. The summed E-state index contributed by atoms with van der Waals surface area (Å²) in [6, 6.07) is 3.70. The molecular formula is C15H16F2O2. The third-order valence-electron chi connectivity index (χ3n) is 4.91. The molecule has 4 heteroatoms. The van der Waals surface area contributed by atoms with Crippen LogP contribution in [0.3, 0.4) is 0 Å². The van der Waals surface area contributed by atoms with E-state index in [-0.39, 0.29) is 5.92 Å². The van der Waals surface area contributed by atoms with Crippen LogP contribution in [0.25, 0.3) is 0 Å². The van der Waals surface area contributed by atoms with Crippen LogP contribution in [-0.2, 0) is 11.2 Å². The summed E-state index contributed by atoms with van der Waals surface area (Å²) in [5.41, 5.74) is -0.193. The van der Waals surface area contributed by atoms with Crippen molar-refractivity contribution in [1.82, 2.24) is 0 Å². The lowest BCUT2D eigenvalue weighted by molar-refractivity contribution is -0.152. The molecule has 102 valence electrons. The molecule has 3 rings (SSSR count). The molecule has 0 aromatic heterocycles. The molecule has 3 atom stereocenters. The molecule has 0 spiro atoms. The molecule has 19 heavy (non-hydrogen) atoms. The first-order chi connectivity index (χ1) is 9.01. The lowest BCUT2D eigenvalue weighted by Crippen LogP contribution is -2.38. The number of carbonyl (C=O) groups is 1. The van der Waals surface area contributed by atoms with Crippen LogP contribution in [0.4, 0.5) is 8.78 Å². The van der Waals surface area contributed by atoms with Crippen LogP contribution in [0.5, 0.6) is 0 Å². The molecule has 2 fully saturated rings. The second kappa shape index (κ2) is 4.29. The van der Waals surface area contributed by atoms with E-state index in [0.29, 0.717) is 24.3 Å². The topological polar surface area (TPSA) is 37.3 Å². The number of halogens is 2. The van der Waals surface area contributed by atoms with E-state index in [1.165, 1.54) is 6.07 Å². The average molecular weight is 266 g/mol. The van der Waals surface area contributed by atoms with E-state index in [1.807, 2.05) is 0 Å². The summed E-state index contributed by atoms with van der Waals surface area (Å²) in [5.74, 6) is -1.90. The highest BCUT2D eigenvalue weighted by molar-refractivity contribution is 5.76. The van der Waals surface area contributed by atoms with Crippen molar-refractivity contribution < 1.29 is 18.7 Å². The number of benzene rings is 1. The molecule has 1 aromatic carbocycles. The van der Waals surface area contributed by atoms with E-state index in [4.69, 9.17) is 0 Å². The lowest BCUT2D eigenvalue weighted by Gasteiger charge is -2.33. The maximum Gasteiger partial charge on any atom is 0.310 e. The minimum atomic E-state index is -0.902. The van der Waals surface area contributed by atoms with Crippen molar-refractivity contribution in [2.24, 2.45) is 17.3 Å². The van der Waals surface area contributed by atoms with E-state index < -0.39 is 23.0 Å². The van der Waals surface area contributed by atoms with Gasteiger partial charge in [-0.3, -0.25) is 4.79 Å². The molecule has 0 amide bonds. The van der Waals surface area contributed by atoms with Crippen LogP contribution < -0.4 is 0 Å². The molecule has 0 heterocycles. The molecule has 0 saturated heterocycles. The molecule has 2 bridgehead atoms. The summed E-state index contributed by atoms with van der Waals surface area (Å²) in [4.78, 5) is 11.7. The Bertz CT molecular complexity index is 529. The highest BCUT2D eigenvalue weighted by Gasteiger charge is 2.55. The van der Waals surface area contributed by atoms with Crippen molar-refractivity contribution in [2.45, 2.75) is 32.1 Å². The number of carboxylic acid groups (broad SMARTS) is 1. The number of rotatable bonds is 3. The first-order valence-corrected chi connectivity index (χ1v) is 6.68. The van der Waals surface area contributed by atoms with Crippen LogP contribution in [0.1, 0.15) is 31.2 Å². The molecule has 0 aliphatic heterocycles. The summed E-state index contributed by atoms with van der Waals surface area (Å²) < 4.78 is 26.2. The third-order valence-corrected chi connectivity index (χ3v) is 4.91. The summed E-state index contributed by atoms with van der Waals surface area (Å²) in [7, 11) is 0. The highest BCUT2D eigenvalue weighted by Crippen LogP contribution is 2.57. The molecule has 2 aliphatic rings. The zero-order valence-corrected chi connectivity index (χ0v) is 10.5. The van der Waals surface area contributed by atoms with Gasteiger partial charge in [-0.2, -0.15) is 0 Å². The van der Waals surface area contributed by atoms with Crippen molar-refractivity contribution >= 4 is 5.97 Å². The van der Waals surface area contributed by atoms with E-state index in [9.17, 15) is 18.7 Å². The maximum atomic E-state index is 13.2. The van der Waals surface area contributed by atoms with E-state index >= 15 is 0 Å².